The van der Waals surface area contributed by atoms with Crippen LogP contribution < -0.4 is 10.6 Å². The van der Waals surface area contributed by atoms with Crippen molar-refractivity contribution in [2.45, 2.75) is 33.2 Å². The molecule has 22 heavy (non-hydrogen) atoms. The zero-order valence-corrected chi connectivity index (χ0v) is 13.5. The van der Waals surface area contributed by atoms with Crippen molar-refractivity contribution in [2.75, 3.05) is 5.32 Å². The van der Waals surface area contributed by atoms with Gasteiger partial charge in [-0.15, -0.1) is 10.2 Å². The van der Waals surface area contributed by atoms with Crippen LogP contribution in [0.3, 0.4) is 0 Å². The highest BCUT2D eigenvalue weighted by Crippen LogP contribution is 2.26. The minimum Gasteiger partial charge on any atom is -0.345 e. The fourth-order valence-electron chi connectivity index (χ4n) is 1.79. The number of anilines is 1. The van der Waals surface area contributed by atoms with Gasteiger partial charge >= 0.3 is 0 Å². The number of aromatic nitrogens is 2. The quantitative estimate of drug-likeness (QED) is 0.886. The molecule has 0 radical (unpaired) electrons. The Bertz CT molecular complexity index is 684. The van der Waals surface area contributed by atoms with E-state index in [0.29, 0.717) is 11.6 Å². The van der Waals surface area contributed by atoms with Gasteiger partial charge in [-0.25, -0.2) is 0 Å². The van der Waals surface area contributed by atoms with Gasteiger partial charge in [0.05, 0.1) is 0 Å². The fraction of sp³-hybridized carbons (Fsp3) is 0.333. The molecular weight excluding hydrogens is 300 g/mol. The second kappa shape index (κ2) is 7.13. The lowest BCUT2D eigenvalue weighted by molar-refractivity contribution is -0.125. The summed E-state index contributed by atoms with van der Waals surface area (Å²) in [7, 11) is 0. The van der Waals surface area contributed by atoms with Crippen molar-refractivity contribution in [2.24, 2.45) is 0 Å². The van der Waals surface area contributed by atoms with Gasteiger partial charge in [0.25, 0.3) is 0 Å². The van der Waals surface area contributed by atoms with E-state index in [1.807, 2.05) is 31.2 Å². The summed E-state index contributed by atoms with van der Waals surface area (Å²) < 4.78 is 0. The van der Waals surface area contributed by atoms with Crippen LogP contribution in [0.15, 0.2) is 24.3 Å². The van der Waals surface area contributed by atoms with Gasteiger partial charge in [0.15, 0.2) is 0 Å². The number of rotatable bonds is 5. The SMILES string of the molecule is CCC(=O)N[C@@H](C)C(=O)Nc1nnc(-c2cccc(C)c2)s1. The lowest BCUT2D eigenvalue weighted by Crippen LogP contribution is -2.41. The highest BCUT2D eigenvalue weighted by atomic mass is 32.1. The molecule has 0 unspecified atom stereocenters. The van der Waals surface area contributed by atoms with Gasteiger partial charge in [0.1, 0.15) is 11.0 Å². The second-order valence-electron chi connectivity index (χ2n) is 4.91. The smallest absolute Gasteiger partial charge is 0.248 e. The maximum Gasteiger partial charge on any atom is 0.248 e. The number of amides is 2. The summed E-state index contributed by atoms with van der Waals surface area (Å²) in [5.41, 5.74) is 2.10. The summed E-state index contributed by atoms with van der Waals surface area (Å²) in [5, 5.41) is 14.5. The summed E-state index contributed by atoms with van der Waals surface area (Å²) in [6, 6.07) is 7.30. The monoisotopic (exact) mass is 318 g/mol. The van der Waals surface area contributed by atoms with E-state index in [0.717, 1.165) is 16.1 Å². The predicted octanol–water partition coefficient (Wildman–Crippen LogP) is 2.37. The van der Waals surface area contributed by atoms with Crippen molar-refractivity contribution in [1.29, 1.82) is 0 Å². The van der Waals surface area contributed by atoms with Crippen LogP contribution in [0.25, 0.3) is 10.6 Å². The Hall–Kier alpha value is -2.28. The number of nitrogens with zero attached hydrogens (tertiary/aromatic N) is 2. The zero-order valence-electron chi connectivity index (χ0n) is 12.7. The van der Waals surface area contributed by atoms with Crippen LogP contribution in [0.1, 0.15) is 25.8 Å². The Morgan fingerprint density at radius 2 is 2.09 bits per heavy atom. The molecule has 0 aliphatic rings. The van der Waals surface area contributed by atoms with Crippen LogP contribution in [0.5, 0.6) is 0 Å². The highest BCUT2D eigenvalue weighted by molar-refractivity contribution is 7.18. The molecular formula is C15H18N4O2S. The fourth-order valence-corrected chi connectivity index (χ4v) is 2.53. The normalized spacial score (nSPS) is 11.8. The average molecular weight is 318 g/mol. The summed E-state index contributed by atoms with van der Waals surface area (Å²) in [4.78, 5) is 23.3. The summed E-state index contributed by atoms with van der Waals surface area (Å²) >= 11 is 1.30. The first kappa shape index (κ1) is 16.1. The van der Waals surface area contributed by atoms with Crippen molar-refractivity contribution < 1.29 is 9.59 Å². The van der Waals surface area contributed by atoms with E-state index in [2.05, 4.69) is 20.8 Å². The molecule has 1 atom stereocenters. The maximum atomic E-state index is 12.0. The molecule has 116 valence electrons. The van der Waals surface area contributed by atoms with E-state index in [4.69, 9.17) is 0 Å². The molecule has 0 aliphatic heterocycles. The second-order valence-corrected chi connectivity index (χ2v) is 5.89. The van der Waals surface area contributed by atoms with E-state index in [1.165, 1.54) is 11.3 Å². The molecule has 2 N–H and O–H groups in total. The molecule has 2 aromatic rings. The third-order valence-electron chi connectivity index (χ3n) is 3.01. The van der Waals surface area contributed by atoms with Crippen LogP contribution in [-0.4, -0.2) is 28.1 Å². The van der Waals surface area contributed by atoms with Crippen molar-refractivity contribution in [1.82, 2.24) is 15.5 Å². The maximum absolute atomic E-state index is 12.0. The van der Waals surface area contributed by atoms with Crippen molar-refractivity contribution in [3.05, 3.63) is 29.8 Å². The van der Waals surface area contributed by atoms with Gasteiger partial charge in [-0.05, 0) is 19.9 Å². The van der Waals surface area contributed by atoms with E-state index in [-0.39, 0.29) is 11.8 Å². The molecule has 0 bridgehead atoms. The largest absolute Gasteiger partial charge is 0.345 e. The molecule has 2 amide bonds. The van der Waals surface area contributed by atoms with Crippen LogP contribution in [0.4, 0.5) is 5.13 Å². The van der Waals surface area contributed by atoms with Gasteiger partial charge in [-0.2, -0.15) is 0 Å². The first-order valence-corrected chi connectivity index (χ1v) is 7.82. The molecule has 0 aliphatic carbocycles. The Balaban J connectivity index is 2.03. The number of benzene rings is 1. The Labute approximate surface area is 133 Å². The van der Waals surface area contributed by atoms with Crippen LogP contribution in [0.2, 0.25) is 0 Å². The van der Waals surface area contributed by atoms with Crippen LogP contribution in [0, 0.1) is 6.92 Å². The van der Waals surface area contributed by atoms with Crippen molar-refractivity contribution in [3.63, 3.8) is 0 Å². The standard InChI is InChI=1S/C15H18N4O2S/c1-4-12(20)16-10(3)13(21)17-15-19-18-14(22-15)11-7-5-6-9(2)8-11/h5-8,10H,4H2,1-3H3,(H,16,20)(H,17,19,21)/t10-/m0/s1. The number of hydrogen-bond acceptors (Lipinski definition) is 5. The molecule has 6 nitrogen and oxygen atoms in total. The van der Waals surface area contributed by atoms with Gasteiger partial charge in [-0.3, -0.25) is 14.9 Å². The number of nitrogens with one attached hydrogen (secondary N) is 2. The van der Waals surface area contributed by atoms with Gasteiger partial charge in [-0.1, -0.05) is 42.0 Å². The minimum absolute atomic E-state index is 0.166. The molecule has 2 rings (SSSR count). The Morgan fingerprint density at radius 1 is 1.32 bits per heavy atom. The van der Waals surface area contributed by atoms with E-state index >= 15 is 0 Å². The third-order valence-corrected chi connectivity index (χ3v) is 3.90. The molecule has 1 aromatic carbocycles. The summed E-state index contributed by atoms with van der Waals surface area (Å²) in [6.45, 7) is 5.37. The highest BCUT2D eigenvalue weighted by Gasteiger charge is 2.17. The summed E-state index contributed by atoms with van der Waals surface area (Å²) in [5.74, 6) is -0.478. The Morgan fingerprint density at radius 3 is 2.77 bits per heavy atom. The molecule has 0 spiro atoms. The van der Waals surface area contributed by atoms with E-state index in [1.54, 1.807) is 13.8 Å². The average Bonchev–Trinajstić information content (AvgIpc) is 2.95. The molecule has 1 heterocycles. The minimum atomic E-state index is -0.612. The van der Waals surface area contributed by atoms with Gasteiger partial charge in [0.2, 0.25) is 16.9 Å². The first-order chi connectivity index (χ1) is 10.5. The number of carbonyl (C=O) groups is 2. The molecule has 0 saturated carbocycles. The number of aryl methyl sites for hydroxylation is 1. The van der Waals surface area contributed by atoms with Crippen LogP contribution in [-0.2, 0) is 9.59 Å². The predicted molar refractivity (Wildman–Crippen MR) is 86.6 cm³/mol. The number of hydrogen-bond donors (Lipinski definition) is 2. The topological polar surface area (TPSA) is 84.0 Å². The molecule has 0 fully saturated rings. The number of carbonyl (C=O) groups excluding carboxylic acids is 2. The molecule has 0 saturated heterocycles. The van der Waals surface area contributed by atoms with E-state index < -0.39 is 6.04 Å². The zero-order chi connectivity index (χ0) is 16.1. The molecule has 7 heteroatoms. The van der Waals surface area contributed by atoms with Crippen molar-refractivity contribution in [3.8, 4) is 10.6 Å². The van der Waals surface area contributed by atoms with Crippen molar-refractivity contribution >= 4 is 28.3 Å². The Kier molecular flexibility index (Phi) is 5.21. The lowest BCUT2D eigenvalue weighted by Gasteiger charge is -2.11. The lowest BCUT2D eigenvalue weighted by atomic mass is 10.1. The molecule has 1 aromatic heterocycles. The third kappa shape index (κ3) is 4.11. The summed E-state index contributed by atoms with van der Waals surface area (Å²) in [6.07, 6.45) is 0.341. The first-order valence-electron chi connectivity index (χ1n) is 7.00. The van der Waals surface area contributed by atoms with Gasteiger partial charge in [0, 0.05) is 12.0 Å². The van der Waals surface area contributed by atoms with Crippen LogP contribution >= 0.6 is 11.3 Å². The van der Waals surface area contributed by atoms with Gasteiger partial charge < -0.3 is 5.32 Å². The van der Waals surface area contributed by atoms with E-state index in [9.17, 15) is 9.59 Å².